The van der Waals surface area contributed by atoms with E-state index in [2.05, 4.69) is 37.5 Å². The Morgan fingerprint density at radius 3 is 2.97 bits per heavy atom. The average molecular weight is 501 g/mol. The fourth-order valence-corrected chi connectivity index (χ4v) is 5.90. The first kappa shape index (κ1) is 22.0. The van der Waals surface area contributed by atoms with Crippen LogP contribution in [0.1, 0.15) is 26.6 Å². The van der Waals surface area contributed by atoms with Crippen LogP contribution in [0.3, 0.4) is 0 Å². The lowest BCUT2D eigenvalue weighted by Gasteiger charge is -2.22. The van der Waals surface area contributed by atoms with E-state index in [1.165, 1.54) is 21.8 Å². The Morgan fingerprint density at radius 2 is 2.21 bits per heavy atom. The molecule has 5 rings (SSSR count). The molecule has 0 saturated carbocycles. The normalized spacial score (nSPS) is 13.7. The number of benzene rings is 1. The van der Waals surface area contributed by atoms with Crippen molar-refractivity contribution in [3.05, 3.63) is 56.6 Å². The van der Waals surface area contributed by atoms with Crippen LogP contribution in [0.25, 0.3) is 10.2 Å². The molecular weight excluding hydrogens is 480 g/mol. The maximum absolute atomic E-state index is 12.9. The summed E-state index contributed by atoms with van der Waals surface area (Å²) in [5, 5.41) is 10.0. The molecule has 11 heteroatoms. The predicted molar refractivity (Wildman–Crippen MR) is 133 cm³/mol. The molecule has 0 aliphatic carbocycles. The first-order chi connectivity index (χ1) is 16.0. The number of aromatic nitrogens is 3. The van der Waals surface area contributed by atoms with Gasteiger partial charge in [-0.1, -0.05) is 17.7 Å². The Morgan fingerprint density at radius 1 is 1.33 bits per heavy atom. The molecule has 170 valence electrons. The highest BCUT2D eigenvalue weighted by atomic mass is 35.5. The second-order valence-corrected chi connectivity index (χ2v) is 10.1. The number of anilines is 2. The van der Waals surface area contributed by atoms with Crippen LogP contribution in [0, 0.1) is 0 Å². The van der Waals surface area contributed by atoms with Crippen molar-refractivity contribution < 1.29 is 9.53 Å². The zero-order chi connectivity index (χ0) is 22.9. The van der Waals surface area contributed by atoms with Crippen LogP contribution in [0.4, 0.5) is 10.9 Å². The van der Waals surface area contributed by atoms with E-state index in [-0.39, 0.29) is 11.7 Å². The number of hydrogen-bond donors (Lipinski definition) is 2. The van der Waals surface area contributed by atoms with Gasteiger partial charge in [-0.2, -0.15) is 0 Å². The molecule has 0 saturated heterocycles. The van der Waals surface area contributed by atoms with Gasteiger partial charge in [0, 0.05) is 36.1 Å². The fraction of sp³-hybridized carbons (Fsp3) is 0.273. The van der Waals surface area contributed by atoms with E-state index < -0.39 is 0 Å². The predicted octanol–water partition coefficient (Wildman–Crippen LogP) is 4.66. The number of hydrogen-bond acceptors (Lipinski definition) is 9. The minimum atomic E-state index is -0.383. The number of nitrogens with one attached hydrogen (secondary N) is 2. The minimum absolute atomic E-state index is 0.111. The summed E-state index contributed by atoms with van der Waals surface area (Å²) in [4.78, 5) is 30.6. The Balaban J connectivity index is 1.51. The van der Waals surface area contributed by atoms with Gasteiger partial charge in [-0.05, 0) is 36.7 Å². The van der Waals surface area contributed by atoms with Crippen LogP contribution < -0.4 is 15.4 Å². The van der Waals surface area contributed by atoms with Gasteiger partial charge in [0.2, 0.25) is 5.82 Å². The summed E-state index contributed by atoms with van der Waals surface area (Å²) < 4.78 is 5.24. The molecule has 0 radical (unpaired) electrons. The number of ether oxygens (including phenoxy) is 1. The molecule has 2 N–H and O–H groups in total. The highest BCUT2D eigenvalue weighted by molar-refractivity contribution is 7.19. The molecule has 4 aromatic rings. The quantitative estimate of drug-likeness (QED) is 0.397. The second kappa shape index (κ2) is 9.22. The summed E-state index contributed by atoms with van der Waals surface area (Å²) in [5.41, 5.74) is 2.24. The van der Waals surface area contributed by atoms with Crippen LogP contribution in [-0.4, -0.2) is 46.5 Å². The van der Waals surface area contributed by atoms with Crippen molar-refractivity contribution in [2.75, 3.05) is 31.3 Å². The summed E-state index contributed by atoms with van der Waals surface area (Å²) in [5.74, 6) is 1.01. The Labute approximate surface area is 203 Å². The van der Waals surface area contributed by atoms with E-state index in [1.807, 2.05) is 18.2 Å². The first-order valence-corrected chi connectivity index (χ1v) is 12.4. The van der Waals surface area contributed by atoms with E-state index in [1.54, 1.807) is 30.0 Å². The number of thiophene rings is 1. The molecule has 1 amide bonds. The van der Waals surface area contributed by atoms with Gasteiger partial charge in [-0.25, -0.2) is 15.0 Å². The number of halogens is 1. The third kappa shape index (κ3) is 4.51. The van der Waals surface area contributed by atoms with Crippen LogP contribution >= 0.6 is 34.3 Å². The lowest BCUT2D eigenvalue weighted by atomic mass is 10.1. The number of carbonyl (C=O) groups is 1. The molecule has 3 aromatic heterocycles. The van der Waals surface area contributed by atoms with E-state index in [0.717, 1.165) is 35.3 Å². The minimum Gasteiger partial charge on any atom is -0.495 e. The zero-order valence-electron chi connectivity index (χ0n) is 18.0. The van der Waals surface area contributed by atoms with Crippen molar-refractivity contribution >= 4 is 61.3 Å². The maximum atomic E-state index is 12.9. The summed E-state index contributed by atoms with van der Waals surface area (Å²) >= 11 is 9.26. The van der Waals surface area contributed by atoms with Crippen molar-refractivity contribution in [2.45, 2.75) is 19.5 Å². The Hall–Kier alpha value is -2.79. The topological polar surface area (TPSA) is 92.3 Å². The molecule has 0 spiro atoms. The van der Waals surface area contributed by atoms with Gasteiger partial charge in [-0.15, -0.1) is 22.7 Å². The van der Waals surface area contributed by atoms with Gasteiger partial charge in [0.05, 0.1) is 17.5 Å². The second-order valence-electron chi connectivity index (χ2n) is 7.68. The largest absolute Gasteiger partial charge is 0.495 e. The third-order valence-corrected chi connectivity index (χ3v) is 7.52. The first-order valence-electron chi connectivity index (χ1n) is 10.3. The number of rotatable bonds is 6. The molecule has 8 nitrogen and oxygen atoms in total. The molecule has 4 heterocycles. The summed E-state index contributed by atoms with van der Waals surface area (Å²) in [6, 6.07) is 5.65. The SMILES string of the molecule is COc1ccc(CNc2nc(C(=O)Nc3nccs3)nc3sc4c(c23)CCN(C)C4)cc1Cl. The van der Waals surface area contributed by atoms with E-state index in [9.17, 15) is 4.79 Å². The standard InChI is InChI=1S/C22H21ClN6O2S2/c1-29-7-5-13-16(11-29)33-21-17(13)18(25-10-12-3-4-15(31-2)14(23)9-12)26-19(27-21)20(30)28-22-24-6-8-32-22/h3-4,6,8-9H,5,7,10-11H2,1-2H3,(H,24,28,30)(H,25,26,27). The van der Waals surface area contributed by atoms with E-state index >= 15 is 0 Å². The summed E-state index contributed by atoms with van der Waals surface area (Å²) in [6.07, 6.45) is 2.56. The van der Waals surface area contributed by atoms with Gasteiger partial charge < -0.3 is 15.0 Å². The number of amides is 1. The Bertz CT molecular complexity index is 1320. The average Bonchev–Trinajstić information content (AvgIpc) is 3.44. The molecular formula is C22H21ClN6O2S2. The molecule has 33 heavy (non-hydrogen) atoms. The molecule has 1 aliphatic rings. The van der Waals surface area contributed by atoms with Gasteiger partial charge in [-0.3, -0.25) is 10.1 Å². The number of methoxy groups -OCH3 is 1. The van der Waals surface area contributed by atoms with Crippen LogP contribution in [0.15, 0.2) is 29.8 Å². The number of carbonyl (C=O) groups excluding carboxylic acids is 1. The zero-order valence-corrected chi connectivity index (χ0v) is 20.4. The van der Waals surface area contributed by atoms with Crippen molar-refractivity contribution in [3.8, 4) is 5.75 Å². The van der Waals surface area contributed by atoms with Crippen molar-refractivity contribution in [3.63, 3.8) is 0 Å². The molecule has 0 unspecified atom stereocenters. The number of fused-ring (bicyclic) bond motifs is 3. The van der Waals surface area contributed by atoms with Crippen molar-refractivity contribution in [1.29, 1.82) is 0 Å². The lowest BCUT2D eigenvalue weighted by molar-refractivity contribution is 0.101. The fourth-order valence-electron chi connectivity index (χ4n) is 3.80. The highest BCUT2D eigenvalue weighted by Gasteiger charge is 2.24. The van der Waals surface area contributed by atoms with Crippen LogP contribution in [0.2, 0.25) is 5.02 Å². The number of thiazole rings is 1. The third-order valence-electron chi connectivity index (χ3n) is 5.42. The smallest absolute Gasteiger partial charge is 0.295 e. The number of nitrogens with zero attached hydrogens (tertiary/aromatic N) is 4. The van der Waals surface area contributed by atoms with Gasteiger partial charge in [0.15, 0.2) is 5.13 Å². The maximum Gasteiger partial charge on any atom is 0.295 e. The van der Waals surface area contributed by atoms with E-state index in [0.29, 0.717) is 28.3 Å². The van der Waals surface area contributed by atoms with Crippen LogP contribution in [-0.2, 0) is 19.5 Å². The highest BCUT2D eigenvalue weighted by Crippen LogP contribution is 2.38. The van der Waals surface area contributed by atoms with E-state index in [4.69, 9.17) is 16.3 Å². The lowest BCUT2D eigenvalue weighted by Crippen LogP contribution is -2.25. The molecule has 0 atom stereocenters. The Kier molecular flexibility index (Phi) is 6.15. The molecule has 1 aromatic carbocycles. The van der Waals surface area contributed by atoms with Gasteiger partial charge >= 0.3 is 0 Å². The monoisotopic (exact) mass is 500 g/mol. The van der Waals surface area contributed by atoms with Crippen molar-refractivity contribution in [1.82, 2.24) is 19.9 Å². The number of likely N-dealkylation sites (N-methyl/N-ethyl adjacent to an activating group) is 1. The summed E-state index contributed by atoms with van der Waals surface area (Å²) in [7, 11) is 3.70. The van der Waals surface area contributed by atoms with Gasteiger partial charge in [0.1, 0.15) is 16.4 Å². The molecule has 0 bridgehead atoms. The summed E-state index contributed by atoms with van der Waals surface area (Å²) in [6.45, 7) is 2.33. The molecule has 0 fully saturated rings. The van der Waals surface area contributed by atoms with Crippen LogP contribution in [0.5, 0.6) is 5.75 Å². The molecule has 1 aliphatic heterocycles. The van der Waals surface area contributed by atoms with Gasteiger partial charge in [0.25, 0.3) is 5.91 Å². The van der Waals surface area contributed by atoms with Crippen molar-refractivity contribution in [2.24, 2.45) is 0 Å².